The Kier molecular flexibility index (Phi) is 5.89. The number of nitrogens with zero attached hydrogens (tertiary/aromatic N) is 2. The van der Waals surface area contributed by atoms with Gasteiger partial charge in [-0.15, -0.1) is 0 Å². The second-order valence-corrected chi connectivity index (χ2v) is 5.36. The van der Waals surface area contributed by atoms with E-state index in [0.29, 0.717) is 25.3 Å². The molecule has 0 radical (unpaired) electrons. The highest BCUT2D eigenvalue weighted by molar-refractivity contribution is 5.75. The highest BCUT2D eigenvalue weighted by atomic mass is 16.6. The second kappa shape index (κ2) is 8.09. The molecule has 0 aliphatic rings. The van der Waals surface area contributed by atoms with Crippen LogP contribution in [0.3, 0.4) is 0 Å². The Labute approximate surface area is 139 Å². The molecule has 0 saturated heterocycles. The van der Waals surface area contributed by atoms with Crippen molar-refractivity contribution in [3.63, 3.8) is 0 Å². The third-order valence-corrected chi connectivity index (χ3v) is 3.50. The van der Waals surface area contributed by atoms with E-state index in [-0.39, 0.29) is 18.1 Å². The molecule has 0 aliphatic heterocycles. The quantitative estimate of drug-likeness (QED) is 0.437. The number of carbonyl (C=O) groups excluding carboxylic acids is 1. The van der Waals surface area contributed by atoms with Crippen molar-refractivity contribution < 1.29 is 14.1 Å². The van der Waals surface area contributed by atoms with Crippen LogP contribution in [0.4, 0.5) is 11.4 Å². The average molecular weight is 332 g/mol. The first-order chi connectivity index (χ1) is 11.5. The van der Waals surface area contributed by atoms with Crippen molar-refractivity contribution in [1.29, 1.82) is 0 Å². The van der Waals surface area contributed by atoms with Gasteiger partial charge in [-0.1, -0.05) is 0 Å². The summed E-state index contributed by atoms with van der Waals surface area (Å²) >= 11 is 0. The van der Waals surface area contributed by atoms with Crippen molar-refractivity contribution in [2.45, 2.75) is 33.2 Å². The van der Waals surface area contributed by atoms with E-state index in [9.17, 15) is 14.9 Å². The van der Waals surface area contributed by atoms with Crippen LogP contribution in [0.25, 0.3) is 0 Å². The smallest absolute Gasteiger partial charge is 0.269 e. The van der Waals surface area contributed by atoms with Gasteiger partial charge >= 0.3 is 0 Å². The predicted octanol–water partition coefficient (Wildman–Crippen LogP) is 2.71. The minimum atomic E-state index is -0.440. The molecule has 0 aliphatic carbocycles. The molecule has 1 aromatic heterocycles. The van der Waals surface area contributed by atoms with Crippen LogP contribution >= 0.6 is 0 Å². The molecule has 1 amide bonds. The van der Waals surface area contributed by atoms with Gasteiger partial charge in [0.05, 0.1) is 17.2 Å². The summed E-state index contributed by atoms with van der Waals surface area (Å²) in [6.07, 6.45) is 1.02. The third kappa shape index (κ3) is 5.08. The molecule has 0 unspecified atom stereocenters. The molecule has 24 heavy (non-hydrogen) atoms. The summed E-state index contributed by atoms with van der Waals surface area (Å²) in [5.74, 6) is 1.18. The zero-order chi connectivity index (χ0) is 17.5. The van der Waals surface area contributed by atoms with Gasteiger partial charge in [-0.05, 0) is 32.4 Å². The molecular formula is C16H20N4O4. The fourth-order valence-corrected chi connectivity index (χ4v) is 2.06. The fourth-order valence-electron chi connectivity index (χ4n) is 2.06. The number of nitro benzene ring substituents is 1. The summed E-state index contributed by atoms with van der Waals surface area (Å²) in [6.45, 7) is 4.57. The summed E-state index contributed by atoms with van der Waals surface area (Å²) in [5, 5.41) is 16.4. The third-order valence-electron chi connectivity index (χ3n) is 3.50. The van der Waals surface area contributed by atoms with E-state index in [1.807, 2.05) is 13.8 Å². The molecular weight excluding hydrogens is 312 g/mol. The maximum Gasteiger partial charge on any atom is 0.269 e. The Morgan fingerprint density at radius 1 is 1.29 bits per heavy atom. The molecule has 0 saturated carbocycles. The van der Waals surface area contributed by atoms with Gasteiger partial charge in [0, 0.05) is 30.8 Å². The normalized spacial score (nSPS) is 10.4. The number of anilines is 1. The number of aromatic nitrogens is 1. The van der Waals surface area contributed by atoms with Crippen molar-refractivity contribution in [2.75, 3.05) is 11.9 Å². The Morgan fingerprint density at radius 2 is 2.00 bits per heavy atom. The fraction of sp³-hybridized carbons (Fsp3) is 0.375. The first-order valence-corrected chi connectivity index (χ1v) is 7.63. The molecule has 2 N–H and O–H groups in total. The van der Waals surface area contributed by atoms with Crippen LogP contribution < -0.4 is 10.6 Å². The standard InChI is InChI=1S/C16H20N4O4/c1-11-12(2)24-16(19-11)10-18-15(21)4-3-9-17-13-5-7-14(8-6-13)20(22)23/h5-8,17H,3-4,9-10H2,1-2H3,(H,18,21). The highest BCUT2D eigenvalue weighted by Gasteiger charge is 2.07. The number of amides is 1. The number of carbonyl (C=O) groups is 1. The van der Waals surface area contributed by atoms with Crippen LogP contribution in [0.2, 0.25) is 0 Å². The Bertz CT molecular complexity index is 690. The van der Waals surface area contributed by atoms with Crippen LogP contribution in [0.1, 0.15) is 30.2 Å². The molecule has 1 heterocycles. The first-order valence-electron chi connectivity index (χ1n) is 7.63. The number of benzene rings is 1. The summed E-state index contributed by atoms with van der Waals surface area (Å²) in [5.41, 5.74) is 1.66. The molecule has 2 aromatic rings. The first kappa shape index (κ1) is 17.5. The number of nitrogens with one attached hydrogen (secondary N) is 2. The topological polar surface area (TPSA) is 110 Å². The van der Waals surface area contributed by atoms with E-state index in [1.165, 1.54) is 12.1 Å². The monoisotopic (exact) mass is 332 g/mol. The van der Waals surface area contributed by atoms with Crippen molar-refractivity contribution in [1.82, 2.24) is 10.3 Å². The number of rotatable bonds is 8. The van der Waals surface area contributed by atoms with Gasteiger partial charge in [0.1, 0.15) is 5.76 Å². The molecule has 128 valence electrons. The Hall–Kier alpha value is -2.90. The molecule has 0 bridgehead atoms. The summed E-state index contributed by atoms with van der Waals surface area (Å²) < 4.78 is 5.39. The van der Waals surface area contributed by atoms with Crippen LogP contribution in [-0.4, -0.2) is 22.4 Å². The van der Waals surface area contributed by atoms with Gasteiger partial charge in [-0.2, -0.15) is 0 Å². The molecule has 2 rings (SSSR count). The molecule has 0 fully saturated rings. The van der Waals surface area contributed by atoms with E-state index >= 15 is 0 Å². The van der Waals surface area contributed by atoms with Gasteiger partial charge in [-0.25, -0.2) is 4.98 Å². The molecule has 8 nitrogen and oxygen atoms in total. The van der Waals surface area contributed by atoms with Gasteiger partial charge in [0.25, 0.3) is 5.69 Å². The van der Waals surface area contributed by atoms with E-state index in [4.69, 9.17) is 4.42 Å². The maximum atomic E-state index is 11.8. The number of nitro groups is 1. The van der Waals surface area contributed by atoms with Gasteiger partial charge in [-0.3, -0.25) is 14.9 Å². The van der Waals surface area contributed by atoms with Crippen molar-refractivity contribution >= 4 is 17.3 Å². The largest absolute Gasteiger partial charge is 0.444 e. The van der Waals surface area contributed by atoms with E-state index in [2.05, 4.69) is 15.6 Å². The number of non-ortho nitro benzene ring substituents is 1. The summed E-state index contributed by atoms with van der Waals surface area (Å²) in [4.78, 5) is 26.1. The zero-order valence-corrected chi connectivity index (χ0v) is 13.7. The zero-order valence-electron chi connectivity index (χ0n) is 13.7. The average Bonchev–Trinajstić information content (AvgIpc) is 2.88. The van der Waals surface area contributed by atoms with E-state index < -0.39 is 4.92 Å². The SMILES string of the molecule is Cc1nc(CNC(=O)CCCNc2ccc([N+](=O)[O-])cc2)oc1C. The van der Waals surface area contributed by atoms with Gasteiger partial charge < -0.3 is 15.1 Å². The summed E-state index contributed by atoms with van der Waals surface area (Å²) in [7, 11) is 0. The number of hydrogen-bond acceptors (Lipinski definition) is 6. The highest BCUT2D eigenvalue weighted by Crippen LogP contribution is 2.15. The lowest BCUT2D eigenvalue weighted by Gasteiger charge is -2.06. The molecule has 1 aromatic carbocycles. The van der Waals surface area contributed by atoms with Crippen LogP contribution in [-0.2, 0) is 11.3 Å². The number of oxazole rings is 1. The Morgan fingerprint density at radius 3 is 2.58 bits per heavy atom. The van der Waals surface area contributed by atoms with Crippen molar-refractivity contribution in [3.8, 4) is 0 Å². The van der Waals surface area contributed by atoms with Crippen LogP contribution in [0.15, 0.2) is 28.7 Å². The minimum Gasteiger partial charge on any atom is -0.444 e. The van der Waals surface area contributed by atoms with Crippen molar-refractivity contribution in [3.05, 3.63) is 51.7 Å². The van der Waals surface area contributed by atoms with Crippen molar-refractivity contribution in [2.24, 2.45) is 0 Å². The predicted molar refractivity (Wildman–Crippen MR) is 88.6 cm³/mol. The van der Waals surface area contributed by atoms with Crippen LogP contribution in [0, 0.1) is 24.0 Å². The van der Waals surface area contributed by atoms with Gasteiger partial charge in [0.2, 0.25) is 11.8 Å². The summed E-state index contributed by atoms with van der Waals surface area (Å²) in [6, 6.07) is 6.17. The Balaban J connectivity index is 1.64. The number of hydrogen-bond donors (Lipinski definition) is 2. The van der Waals surface area contributed by atoms with E-state index in [0.717, 1.165) is 17.1 Å². The van der Waals surface area contributed by atoms with E-state index in [1.54, 1.807) is 12.1 Å². The van der Waals surface area contributed by atoms with Crippen LogP contribution in [0.5, 0.6) is 0 Å². The molecule has 8 heteroatoms. The molecule has 0 spiro atoms. The lowest BCUT2D eigenvalue weighted by molar-refractivity contribution is -0.384. The minimum absolute atomic E-state index is 0.0527. The van der Waals surface area contributed by atoms with Gasteiger partial charge in [0.15, 0.2) is 0 Å². The molecule has 0 atom stereocenters. The lowest BCUT2D eigenvalue weighted by Crippen LogP contribution is -2.23. The maximum absolute atomic E-state index is 11.8. The second-order valence-electron chi connectivity index (χ2n) is 5.36. The lowest BCUT2D eigenvalue weighted by atomic mass is 10.2. The number of aryl methyl sites for hydroxylation is 2.